The Morgan fingerprint density at radius 2 is 1.65 bits per heavy atom. The predicted molar refractivity (Wildman–Crippen MR) is 102 cm³/mol. The van der Waals surface area contributed by atoms with Crippen molar-refractivity contribution in [1.29, 1.82) is 0 Å². The molecule has 4 unspecified atom stereocenters. The summed E-state index contributed by atoms with van der Waals surface area (Å²) in [5, 5.41) is 0. The summed E-state index contributed by atoms with van der Waals surface area (Å²) < 4.78 is 5.67. The second-order valence-corrected chi connectivity index (χ2v) is 10.6. The van der Waals surface area contributed by atoms with E-state index < -0.39 is 5.60 Å². The molecule has 3 nitrogen and oxygen atoms in total. The number of hydrogen-bond donors (Lipinski definition) is 0. The van der Waals surface area contributed by atoms with Gasteiger partial charge >= 0.3 is 5.97 Å². The van der Waals surface area contributed by atoms with E-state index in [2.05, 4.69) is 13.8 Å². The molecule has 4 aliphatic carbocycles. The summed E-state index contributed by atoms with van der Waals surface area (Å²) in [6.07, 6.45) is 12.1. The number of ether oxygens (including phenoxy) is 1. The molecule has 0 radical (unpaired) electrons. The first kappa shape index (κ1) is 18.5. The van der Waals surface area contributed by atoms with Crippen LogP contribution in [0.3, 0.4) is 0 Å². The molecule has 4 saturated carbocycles. The number of Topliss-reactive ketones (excluding diaryl/α,β-unsaturated/α-hetero) is 1. The van der Waals surface area contributed by atoms with E-state index in [0.717, 1.165) is 37.0 Å². The molecule has 0 aromatic rings. The van der Waals surface area contributed by atoms with Crippen LogP contribution in [-0.4, -0.2) is 17.4 Å². The molecular weight excluding hydrogens is 324 g/mol. The molecule has 0 spiro atoms. The minimum absolute atomic E-state index is 0.0453. The molecule has 0 amide bonds. The fraction of sp³-hybridized carbons (Fsp3) is 0.913. The molecule has 0 aliphatic heterocycles. The average molecular weight is 361 g/mol. The molecule has 3 heteroatoms. The van der Waals surface area contributed by atoms with E-state index >= 15 is 0 Å². The van der Waals surface area contributed by atoms with Crippen LogP contribution < -0.4 is 0 Å². The lowest BCUT2D eigenvalue weighted by molar-refractivity contribution is -0.186. The Bertz CT molecular complexity index is 613. The molecule has 4 fully saturated rings. The van der Waals surface area contributed by atoms with Gasteiger partial charge in [-0.15, -0.1) is 0 Å². The maximum atomic E-state index is 12.4. The van der Waals surface area contributed by atoms with Crippen molar-refractivity contribution in [3.63, 3.8) is 0 Å². The second kappa shape index (κ2) is 6.07. The number of rotatable bonds is 2. The first-order valence-electron chi connectivity index (χ1n) is 10.9. The Morgan fingerprint density at radius 3 is 2.35 bits per heavy atom. The van der Waals surface area contributed by atoms with Crippen LogP contribution in [0.25, 0.3) is 0 Å². The van der Waals surface area contributed by atoms with Crippen molar-refractivity contribution in [1.82, 2.24) is 0 Å². The first-order chi connectivity index (χ1) is 12.2. The Morgan fingerprint density at radius 1 is 0.885 bits per heavy atom. The summed E-state index contributed by atoms with van der Waals surface area (Å²) in [6, 6.07) is 0. The van der Waals surface area contributed by atoms with Gasteiger partial charge in [-0.25, -0.2) is 0 Å². The van der Waals surface area contributed by atoms with Crippen molar-refractivity contribution in [3.05, 3.63) is 0 Å². The van der Waals surface area contributed by atoms with Crippen LogP contribution in [-0.2, 0) is 14.3 Å². The molecule has 0 bridgehead atoms. The van der Waals surface area contributed by atoms with Gasteiger partial charge in [0.05, 0.1) is 0 Å². The number of carbonyl (C=O) groups is 2. The third-order valence-corrected chi connectivity index (χ3v) is 9.47. The Labute approximate surface area is 158 Å². The largest absolute Gasteiger partial charge is 0.451 e. The van der Waals surface area contributed by atoms with Gasteiger partial charge in [-0.1, -0.05) is 20.3 Å². The van der Waals surface area contributed by atoms with Crippen LogP contribution in [0.4, 0.5) is 0 Å². The normalized spacial score (nSPS) is 50.3. The van der Waals surface area contributed by atoms with E-state index in [4.69, 9.17) is 4.74 Å². The first-order valence-corrected chi connectivity index (χ1v) is 10.9. The minimum Gasteiger partial charge on any atom is -0.451 e. The highest BCUT2D eigenvalue weighted by molar-refractivity contribution is 5.87. The number of hydrogen-bond acceptors (Lipinski definition) is 3. The minimum atomic E-state index is -0.848. The van der Waals surface area contributed by atoms with Gasteiger partial charge in [0.25, 0.3) is 0 Å². The fourth-order valence-electron chi connectivity index (χ4n) is 7.98. The van der Waals surface area contributed by atoms with Crippen molar-refractivity contribution in [3.8, 4) is 0 Å². The maximum Gasteiger partial charge on any atom is 0.303 e. The van der Waals surface area contributed by atoms with Crippen molar-refractivity contribution in [2.75, 3.05) is 0 Å². The molecule has 4 aliphatic rings. The predicted octanol–water partition coefficient (Wildman–Crippen LogP) is 5.31. The topological polar surface area (TPSA) is 43.4 Å². The second-order valence-electron chi connectivity index (χ2n) is 10.6. The molecule has 0 saturated heterocycles. The van der Waals surface area contributed by atoms with Gasteiger partial charge in [0.15, 0.2) is 11.4 Å². The highest BCUT2D eigenvalue weighted by Crippen LogP contribution is 2.67. The zero-order chi connectivity index (χ0) is 18.7. The van der Waals surface area contributed by atoms with E-state index in [9.17, 15) is 9.59 Å². The molecule has 0 aromatic carbocycles. The highest BCUT2D eigenvalue weighted by atomic mass is 16.6. The number of fused-ring (bicyclic) bond motifs is 5. The van der Waals surface area contributed by atoms with E-state index in [-0.39, 0.29) is 11.8 Å². The number of esters is 1. The third kappa shape index (κ3) is 2.59. The van der Waals surface area contributed by atoms with E-state index in [1.807, 2.05) is 0 Å². The zero-order valence-corrected chi connectivity index (χ0v) is 17.1. The van der Waals surface area contributed by atoms with Crippen LogP contribution in [0.1, 0.15) is 91.9 Å². The van der Waals surface area contributed by atoms with Crippen LogP contribution in [0.2, 0.25) is 0 Å². The lowest BCUT2D eigenvalue weighted by atomic mass is 9.44. The number of carbonyl (C=O) groups excluding carboxylic acids is 2. The van der Waals surface area contributed by atoms with Gasteiger partial charge in [0.1, 0.15) is 0 Å². The maximum absolute atomic E-state index is 12.4. The van der Waals surface area contributed by atoms with Crippen LogP contribution in [0.15, 0.2) is 0 Å². The molecule has 146 valence electrons. The summed E-state index contributed by atoms with van der Waals surface area (Å²) in [4.78, 5) is 24.1. The quantitative estimate of drug-likeness (QED) is 0.627. The number of ketones is 1. The van der Waals surface area contributed by atoms with Gasteiger partial charge in [0.2, 0.25) is 0 Å². The lowest BCUT2D eigenvalue weighted by Crippen LogP contribution is -2.57. The summed E-state index contributed by atoms with van der Waals surface area (Å²) >= 11 is 0. The summed E-state index contributed by atoms with van der Waals surface area (Å²) in [5.74, 6) is 2.87. The van der Waals surface area contributed by atoms with Crippen molar-refractivity contribution >= 4 is 11.8 Å². The Kier molecular flexibility index (Phi) is 4.32. The molecule has 0 heterocycles. The standard InChI is InChI=1S/C23H36O3/c1-15(24)23(26-16(2)25)13-12-22(4)17(14-23)7-8-18-19-6-5-10-21(19,3)11-9-20(18)22/h17-20H,5-14H2,1-4H3/t17-,18?,19?,20?,21-,22-,23?/m0/s1. The van der Waals surface area contributed by atoms with Crippen molar-refractivity contribution in [2.24, 2.45) is 34.5 Å². The van der Waals surface area contributed by atoms with E-state index in [1.165, 1.54) is 51.9 Å². The average Bonchev–Trinajstić information content (AvgIpc) is 2.96. The van der Waals surface area contributed by atoms with Gasteiger partial charge in [-0.05, 0) is 99.2 Å². The van der Waals surface area contributed by atoms with Crippen LogP contribution in [0.5, 0.6) is 0 Å². The van der Waals surface area contributed by atoms with Gasteiger partial charge in [-0.3, -0.25) is 9.59 Å². The third-order valence-electron chi connectivity index (χ3n) is 9.47. The van der Waals surface area contributed by atoms with Crippen molar-refractivity contribution < 1.29 is 14.3 Å². The van der Waals surface area contributed by atoms with Gasteiger partial charge in [0, 0.05) is 6.92 Å². The van der Waals surface area contributed by atoms with E-state index in [0.29, 0.717) is 16.7 Å². The van der Waals surface area contributed by atoms with E-state index in [1.54, 1.807) is 6.92 Å². The molecular formula is C23H36O3. The smallest absolute Gasteiger partial charge is 0.303 e. The van der Waals surface area contributed by atoms with Gasteiger partial charge < -0.3 is 4.74 Å². The van der Waals surface area contributed by atoms with Crippen LogP contribution in [0, 0.1) is 34.5 Å². The fourth-order valence-corrected chi connectivity index (χ4v) is 7.98. The van der Waals surface area contributed by atoms with Crippen LogP contribution >= 0.6 is 0 Å². The Hall–Kier alpha value is -0.860. The molecule has 26 heavy (non-hydrogen) atoms. The Balaban J connectivity index is 1.59. The summed E-state index contributed by atoms with van der Waals surface area (Å²) in [7, 11) is 0. The summed E-state index contributed by atoms with van der Waals surface area (Å²) in [5.41, 5.74) is 0.0746. The zero-order valence-electron chi connectivity index (χ0n) is 17.1. The molecule has 0 aromatic heterocycles. The molecule has 0 N–H and O–H groups in total. The van der Waals surface area contributed by atoms with Gasteiger partial charge in [-0.2, -0.15) is 0 Å². The lowest BCUT2D eigenvalue weighted by Gasteiger charge is -2.61. The van der Waals surface area contributed by atoms with Crippen molar-refractivity contribution in [2.45, 2.75) is 97.5 Å². The SMILES string of the molecule is CC(=O)OC1(C(C)=O)CC[C@]2(C)C3CC[C@]4(C)CCCC4C3CC[C@H]2C1. The highest BCUT2D eigenvalue weighted by Gasteiger charge is 2.60. The molecule has 4 rings (SSSR count). The monoisotopic (exact) mass is 360 g/mol. The molecule has 7 atom stereocenters. The summed E-state index contributed by atoms with van der Waals surface area (Å²) in [6.45, 7) is 8.11.